The third-order valence-electron chi connectivity index (χ3n) is 3.10. The van der Waals surface area contributed by atoms with Crippen molar-refractivity contribution < 1.29 is 9.50 Å². The Kier molecular flexibility index (Phi) is 6.97. The number of nitrogens with one attached hydrogen (secondary N) is 1. The molecule has 108 valence electrons. The summed E-state index contributed by atoms with van der Waals surface area (Å²) >= 11 is 3.26. The van der Waals surface area contributed by atoms with Gasteiger partial charge >= 0.3 is 0 Å². The van der Waals surface area contributed by atoms with E-state index in [4.69, 9.17) is 0 Å². The minimum absolute atomic E-state index is 0.167. The molecule has 19 heavy (non-hydrogen) atoms. The first-order valence-corrected chi connectivity index (χ1v) is 7.53. The third-order valence-corrected chi connectivity index (χ3v) is 3.59. The second-order valence-corrected chi connectivity index (χ2v) is 6.35. The minimum Gasteiger partial charge on any atom is -0.393 e. The first kappa shape index (κ1) is 16.6. The quantitative estimate of drug-likeness (QED) is 0.801. The van der Waals surface area contributed by atoms with Gasteiger partial charge in [0.2, 0.25) is 0 Å². The highest BCUT2D eigenvalue weighted by atomic mass is 79.9. The van der Waals surface area contributed by atoms with Crippen LogP contribution in [0.3, 0.4) is 0 Å². The van der Waals surface area contributed by atoms with Gasteiger partial charge in [0.15, 0.2) is 0 Å². The van der Waals surface area contributed by atoms with Crippen LogP contribution in [0, 0.1) is 11.7 Å². The van der Waals surface area contributed by atoms with Crippen molar-refractivity contribution in [1.82, 2.24) is 5.32 Å². The molecule has 3 unspecified atom stereocenters. The van der Waals surface area contributed by atoms with Crippen LogP contribution >= 0.6 is 15.9 Å². The maximum Gasteiger partial charge on any atom is 0.127 e. The van der Waals surface area contributed by atoms with E-state index < -0.39 is 0 Å². The molecule has 0 radical (unpaired) electrons. The van der Waals surface area contributed by atoms with Crippen molar-refractivity contribution in [2.75, 3.05) is 6.54 Å². The van der Waals surface area contributed by atoms with Crippen molar-refractivity contribution in [1.29, 1.82) is 0 Å². The summed E-state index contributed by atoms with van der Waals surface area (Å²) in [5.74, 6) is 0.247. The Labute approximate surface area is 123 Å². The van der Waals surface area contributed by atoms with Crippen LogP contribution in [0.5, 0.6) is 0 Å². The summed E-state index contributed by atoms with van der Waals surface area (Å²) in [5.41, 5.74) is 0.728. The number of hydrogen-bond donors (Lipinski definition) is 2. The Morgan fingerprint density at radius 3 is 2.58 bits per heavy atom. The van der Waals surface area contributed by atoms with E-state index in [1.54, 1.807) is 6.92 Å². The van der Waals surface area contributed by atoms with E-state index >= 15 is 0 Å². The summed E-state index contributed by atoms with van der Waals surface area (Å²) in [6.07, 6.45) is 1.18. The van der Waals surface area contributed by atoms with Crippen molar-refractivity contribution in [3.05, 3.63) is 34.1 Å². The Morgan fingerprint density at radius 2 is 2.00 bits per heavy atom. The average molecular weight is 332 g/mol. The highest BCUT2D eigenvalue weighted by Crippen LogP contribution is 2.16. The van der Waals surface area contributed by atoms with E-state index in [0.717, 1.165) is 23.0 Å². The number of halogens is 2. The zero-order valence-corrected chi connectivity index (χ0v) is 13.4. The van der Waals surface area contributed by atoms with Crippen LogP contribution in [0.2, 0.25) is 0 Å². The number of benzene rings is 1. The fourth-order valence-electron chi connectivity index (χ4n) is 2.16. The molecule has 0 heterocycles. The molecule has 2 N–H and O–H groups in total. The molecule has 4 heteroatoms. The van der Waals surface area contributed by atoms with Crippen LogP contribution < -0.4 is 5.32 Å². The zero-order chi connectivity index (χ0) is 14.4. The van der Waals surface area contributed by atoms with Gasteiger partial charge in [0.1, 0.15) is 5.82 Å². The molecule has 0 saturated carbocycles. The molecule has 3 atom stereocenters. The molecule has 0 aliphatic rings. The van der Waals surface area contributed by atoms with Crippen molar-refractivity contribution in [2.24, 2.45) is 5.92 Å². The lowest BCUT2D eigenvalue weighted by Gasteiger charge is -2.19. The summed E-state index contributed by atoms with van der Waals surface area (Å²) in [6, 6.07) is 5.39. The SMILES string of the molecule is CC(O)CC(C)CNC(C)Cc1ccc(Br)cc1F. The predicted octanol–water partition coefficient (Wildman–Crippen LogP) is 3.52. The predicted molar refractivity (Wildman–Crippen MR) is 80.7 cm³/mol. The summed E-state index contributed by atoms with van der Waals surface area (Å²) in [4.78, 5) is 0. The number of hydrogen-bond acceptors (Lipinski definition) is 2. The summed E-state index contributed by atoms with van der Waals surface area (Å²) in [7, 11) is 0. The fourth-order valence-corrected chi connectivity index (χ4v) is 2.49. The second-order valence-electron chi connectivity index (χ2n) is 5.44. The Morgan fingerprint density at radius 1 is 1.32 bits per heavy atom. The highest BCUT2D eigenvalue weighted by molar-refractivity contribution is 9.10. The van der Waals surface area contributed by atoms with Crippen LogP contribution in [0.1, 0.15) is 32.8 Å². The molecule has 2 nitrogen and oxygen atoms in total. The van der Waals surface area contributed by atoms with Gasteiger partial charge in [-0.15, -0.1) is 0 Å². The van der Waals surface area contributed by atoms with E-state index in [-0.39, 0.29) is 18.0 Å². The lowest BCUT2D eigenvalue weighted by Crippen LogP contribution is -2.33. The van der Waals surface area contributed by atoms with Crippen molar-refractivity contribution in [3.63, 3.8) is 0 Å². The van der Waals surface area contributed by atoms with Gasteiger partial charge in [-0.25, -0.2) is 4.39 Å². The number of aliphatic hydroxyl groups excluding tert-OH is 1. The molecule has 0 amide bonds. The van der Waals surface area contributed by atoms with Crippen LogP contribution in [-0.4, -0.2) is 23.8 Å². The molecular formula is C15H23BrFNO. The van der Waals surface area contributed by atoms with E-state index in [0.29, 0.717) is 12.3 Å². The first-order chi connectivity index (χ1) is 8.88. The van der Waals surface area contributed by atoms with Gasteiger partial charge in [-0.1, -0.05) is 28.9 Å². The molecule has 0 saturated heterocycles. The third kappa shape index (κ3) is 6.50. The molecule has 1 rings (SSSR count). The summed E-state index contributed by atoms with van der Waals surface area (Å²) in [5, 5.41) is 12.7. The molecule has 0 spiro atoms. The van der Waals surface area contributed by atoms with Crippen molar-refractivity contribution >= 4 is 15.9 Å². The van der Waals surface area contributed by atoms with Gasteiger partial charge < -0.3 is 10.4 Å². The molecule has 0 bridgehead atoms. The van der Waals surface area contributed by atoms with Crippen molar-refractivity contribution in [3.8, 4) is 0 Å². The normalized spacial score (nSPS) is 16.1. The van der Waals surface area contributed by atoms with Gasteiger partial charge in [0, 0.05) is 10.5 Å². The highest BCUT2D eigenvalue weighted by Gasteiger charge is 2.11. The van der Waals surface area contributed by atoms with Gasteiger partial charge in [0.25, 0.3) is 0 Å². The molecule has 1 aromatic carbocycles. The molecule has 0 aromatic heterocycles. The fraction of sp³-hybridized carbons (Fsp3) is 0.600. The largest absolute Gasteiger partial charge is 0.393 e. The molecule has 0 aliphatic carbocycles. The van der Waals surface area contributed by atoms with Gasteiger partial charge in [-0.3, -0.25) is 0 Å². The van der Waals surface area contributed by atoms with Gasteiger partial charge in [-0.2, -0.15) is 0 Å². The molecule has 0 fully saturated rings. The Hall–Kier alpha value is -0.450. The minimum atomic E-state index is -0.268. The average Bonchev–Trinajstić information content (AvgIpc) is 2.29. The lowest BCUT2D eigenvalue weighted by molar-refractivity contribution is 0.162. The van der Waals surface area contributed by atoms with E-state index in [1.807, 2.05) is 12.1 Å². The van der Waals surface area contributed by atoms with E-state index in [2.05, 4.69) is 35.1 Å². The van der Waals surface area contributed by atoms with Crippen LogP contribution in [0.4, 0.5) is 4.39 Å². The summed E-state index contributed by atoms with van der Waals surface area (Å²) in [6.45, 7) is 6.80. The molecule has 1 aromatic rings. The van der Waals surface area contributed by atoms with Crippen molar-refractivity contribution in [2.45, 2.75) is 45.8 Å². The topological polar surface area (TPSA) is 32.3 Å². The maximum atomic E-state index is 13.7. The lowest BCUT2D eigenvalue weighted by atomic mass is 10.0. The number of aliphatic hydroxyl groups is 1. The van der Waals surface area contributed by atoms with Crippen LogP contribution in [0.25, 0.3) is 0 Å². The summed E-state index contributed by atoms with van der Waals surface area (Å²) < 4.78 is 14.5. The zero-order valence-electron chi connectivity index (χ0n) is 11.8. The Balaban J connectivity index is 2.40. The smallest absolute Gasteiger partial charge is 0.127 e. The molecule has 0 aliphatic heterocycles. The second kappa shape index (κ2) is 7.98. The molecular weight excluding hydrogens is 309 g/mol. The number of rotatable bonds is 7. The van der Waals surface area contributed by atoms with E-state index in [9.17, 15) is 9.50 Å². The van der Waals surface area contributed by atoms with Crippen LogP contribution in [-0.2, 0) is 6.42 Å². The van der Waals surface area contributed by atoms with Gasteiger partial charge in [0.05, 0.1) is 6.10 Å². The Bertz CT molecular complexity index is 398. The maximum absolute atomic E-state index is 13.7. The van der Waals surface area contributed by atoms with Crippen LogP contribution in [0.15, 0.2) is 22.7 Å². The standard InChI is InChI=1S/C15H23BrFNO/c1-10(6-12(3)19)9-18-11(2)7-13-4-5-14(16)8-15(13)17/h4-5,8,10-12,18-19H,6-7,9H2,1-3H3. The van der Waals surface area contributed by atoms with E-state index in [1.165, 1.54) is 6.07 Å². The monoisotopic (exact) mass is 331 g/mol. The van der Waals surface area contributed by atoms with Gasteiger partial charge in [-0.05, 0) is 56.8 Å². The first-order valence-electron chi connectivity index (χ1n) is 6.74.